The van der Waals surface area contributed by atoms with E-state index >= 15 is 0 Å². The Morgan fingerprint density at radius 2 is 1.96 bits per heavy atom. The average Bonchev–Trinajstić information content (AvgIpc) is 3.17. The Hall–Kier alpha value is -2.04. The molecule has 4 rings (SSSR count). The molecule has 1 fully saturated rings. The first-order chi connectivity index (χ1) is 12.6. The number of hydrogen-bond donors (Lipinski definition) is 1. The van der Waals surface area contributed by atoms with Crippen LogP contribution >= 0.6 is 0 Å². The first-order valence-electron chi connectivity index (χ1n) is 9.36. The number of halogens is 1. The molecular weight excluding hydrogens is 329 g/mol. The highest BCUT2D eigenvalue weighted by atomic mass is 19.1. The molecule has 0 bridgehead atoms. The minimum atomic E-state index is -0.355. The maximum Gasteiger partial charge on any atom is 0.162 e. The van der Waals surface area contributed by atoms with E-state index in [1.54, 1.807) is 12.1 Å². The standard InChI is InChI=1S/C22H24FNO2/c23-17-9-7-16(8-10-17)20(25)6-3-12-24-13-11-22(15-24)14-21(26)18-4-1-2-5-19(18)22/h1-2,4-5,7-10,21,26H,3,6,11-15H2. The van der Waals surface area contributed by atoms with Crippen molar-refractivity contribution in [2.24, 2.45) is 0 Å². The maximum absolute atomic E-state index is 12.9. The summed E-state index contributed by atoms with van der Waals surface area (Å²) in [7, 11) is 0. The molecule has 1 aliphatic heterocycles. The van der Waals surface area contributed by atoms with E-state index in [0.717, 1.165) is 44.5 Å². The van der Waals surface area contributed by atoms with Crippen LogP contribution in [0.1, 0.15) is 53.3 Å². The molecule has 0 aromatic heterocycles. The Morgan fingerprint density at radius 1 is 1.19 bits per heavy atom. The van der Waals surface area contributed by atoms with E-state index in [1.165, 1.54) is 17.7 Å². The molecule has 2 aromatic carbocycles. The molecule has 4 heteroatoms. The number of likely N-dealkylation sites (tertiary alicyclic amines) is 1. The number of ketones is 1. The van der Waals surface area contributed by atoms with Crippen molar-refractivity contribution in [1.29, 1.82) is 0 Å². The average molecular weight is 353 g/mol. The maximum atomic E-state index is 12.9. The zero-order chi connectivity index (χ0) is 18.1. The lowest BCUT2D eigenvalue weighted by Gasteiger charge is -2.25. The summed E-state index contributed by atoms with van der Waals surface area (Å²) in [5.74, 6) is -0.247. The molecule has 136 valence electrons. The number of hydrogen-bond acceptors (Lipinski definition) is 3. The molecule has 2 aromatic rings. The molecular formula is C22H24FNO2. The molecule has 1 spiro atoms. The highest BCUT2D eigenvalue weighted by Crippen LogP contribution is 2.49. The summed E-state index contributed by atoms with van der Waals surface area (Å²) in [4.78, 5) is 14.6. The van der Waals surface area contributed by atoms with Gasteiger partial charge in [0.25, 0.3) is 0 Å². The van der Waals surface area contributed by atoms with E-state index in [2.05, 4.69) is 17.0 Å². The second-order valence-electron chi connectivity index (χ2n) is 7.65. The fourth-order valence-corrected chi connectivity index (χ4v) is 4.64. The van der Waals surface area contributed by atoms with Gasteiger partial charge < -0.3 is 10.0 Å². The number of fused-ring (bicyclic) bond motifs is 2. The number of carbonyl (C=O) groups is 1. The van der Waals surface area contributed by atoms with Crippen molar-refractivity contribution < 1.29 is 14.3 Å². The van der Waals surface area contributed by atoms with Gasteiger partial charge in [0, 0.05) is 23.9 Å². The third-order valence-corrected chi connectivity index (χ3v) is 5.95. The fourth-order valence-electron chi connectivity index (χ4n) is 4.64. The number of aliphatic hydroxyl groups is 1. The Balaban J connectivity index is 1.33. The lowest BCUT2D eigenvalue weighted by molar-refractivity contribution is 0.0975. The first-order valence-corrected chi connectivity index (χ1v) is 9.36. The number of benzene rings is 2. The largest absolute Gasteiger partial charge is 0.388 e. The molecule has 0 saturated carbocycles. The number of nitrogens with zero attached hydrogens (tertiary/aromatic N) is 1. The second-order valence-corrected chi connectivity index (χ2v) is 7.65. The molecule has 2 unspecified atom stereocenters. The second kappa shape index (κ2) is 6.93. The molecule has 1 saturated heterocycles. The predicted octanol–water partition coefficient (Wildman–Crippen LogP) is 3.87. The van der Waals surface area contributed by atoms with E-state index in [9.17, 15) is 14.3 Å². The Labute approximate surface area is 153 Å². The molecule has 1 N–H and O–H groups in total. The molecule has 0 radical (unpaired) electrons. The molecule has 1 heterocycles. The monoisotopic (exact) mass is 353 g/mol. The third kappa shape index (κ3) is 3.19. The molecule has 26 heavy (non-hydrogen) atoms. The van der Waals surface area contributed by atoms with Crippen molar-refractivity contribution in [3.05, 3.63) is 71.0 Å². The summed E-state index contributed by atoms with van der Waals surface area (Å²) in [6.07, 6.45) is 2.79. The van der Waals surface area contributed by atoms with Crippen LogP contribution in [0.25, 0.3) is 0 Å². The van der Waals surface area contributed by atoms with Crippen LogP contribution in [-0.4, -0.2) is 35.4 Å². The van der Waals surface area contributed by atoms with Crippen molar-refractivity contribution in [3.8, 4) is 0 Å². The zero-order valence-electron chi connectivity index (χ0n) is 14.8. The summed E-state index contributed by atoms with van der Waals surface area (Å²) < 4.78 is 12.9. The van der Waals surface area contributed by atoms with Gasteiger partial charge in [0.2, 0.25) is 0 Å². The van der Waals surface area contributed by atoms with Crippen LogP contribution in [0.3, 0.4) is 0 Å². The summed E-state index contributed by atoms with van der Waals surface area (Å²) in [6, 6.07) is 14.0. The quantitative estimate of drug-likeness (QED) is 0.830. The molecule has 3 nitrogen and oxygen atoms in total. The van der Waals surface area contributed by atoms with Gasteiger partial charge in [-0.3, -0.25) is 4.79 Å². The smallest absolute Gasteiger partial charge is 0.162 e. The summed E-state index contributed by atoms with van der Waals surface area (Å²) in [5, 5.41) is 10.4. The van der Waals surface area contributed by atoms with E-state index in [0.29, 0.717) is 12.0 Å². The zero-order valence-corrected chi connectivity index (χ0v) is 14.8. The van der Waals surface area contributed by atoms with Crippen molar-refractivity contribution in [2.75, 3.05) is 19.6 Å². The first kappa shape index (κ1) is 17.4. The topological polar surface area (TPSA) is 40.5 Å². The van der Waals surface area contributed by atoms with Gasteiger partial charge in [0.15, 0.2) is 5.78 Å². The van der Waals surface area contributed by atoms with Crippen molar-refractivity contribution in [3.63, 3.8) is 0 Å². The third-order valence-electron chi connectivity index (χ3n) is 5.95. The minimum absolute atomic E-state index is 0.0664. The minimum Gasteiger partial charge on any atom is -0.388 e. The fraction of sp³-hybridized carbons (Fsp3) is 0.409. The van der Waals surface area contributed by atoms with Crippen LogP contribution in [0.5, 0.6) is 0 Å². The van der Waals surface area contributed by atoms with E-state index < -0.39 is 0 Å². The number of Topliss-reactive ketones (excluding diaryl/α,β-unsaturated/α-hetero) is 1. The van der Waals surface area contributed by atoms with Gasteiger partial charge in [0.05, 0.1) is 6.10 Å². The molecule has 2 aliphatic rings. The van der Waals surface area contributed by atoms with Gasteiger partial charge in [-0.05, 0) is 67.7 Å². The number of aliphatic hydroxyl groups excluding tert-OH is 1. The Bertz CT molecular complexity index is 804. The van der Waals surface area contributed by atoms with Crippen LogP contribution in [0, 0.1) is 5.82 Å². The lowest BCUT2D eigenvalue weighted by Crippen LogP contribution is -2.30. The number of carbonyl (C=O) groups excluding carboxylic acids is 1. The van der Waals surface area contributed by atoms with Crippen LogP contribution in [0.4, 0.5) is 4.39 Å². The van der Waals surface area contributed by atoms with Gasteiger partial charge in [-0.25, -0.2) is 4.39 Å². The highest BCUT2D eigenvalue weighted by Gasteiger charge is 2.47. The van der Waals surface area contributed by atoms with Gasteiger partial charge in [-0.1, -0.05) is 24.3 Å². The molecule has 1 aliphatic carbocycles. The van der Waals surface area contributed by atoms with E-state index in [1.807, 2.05) is 12.1 Å². The molecule has 2 atom stereocenters. The highest BCUT2D eigenvalue weighted by molar-refractivity contribution is 5.95. The van der Waals surface area contributed by atoms with Crippen LogP contribution in [-0.2, 0) is 5.41 Å². The summed E-state index contributed by atoms with van der Waals surface area (Å²) >= 11 is 0. The van der Waals surface area contributed by atoms with Gasteiger partial charge in [0.1, 0.15) is 5.82 Å². The summed E-state index contributed by atoms with van der Waals surface area (Å²) in [5.41, 5.74) is 3.03. The van der Waals surface area contributed by atoms with Gasteiger partial charge in [-0.2, -0.15) is 0 Å². The number of rotatable bonds is 5. The van der Waals surface area contributed by atoms with Crippen LogP contribution < -0.4 is 0 Å². The van der Waals surface area contributed by atoms with Gasteiger partial charge >= 0.3 is 0 Å². The van der Waals surface area contributed by atoms with E-state index in [4.69, 9.17) is 0 Å². The SMILES string of the molecule is O=C(CCCN1CCC2(CC(O)c3ccccc32)C1)c1ccc(F)cc1. The van der Waals surface area contributed by atoms with Crippen molar-refractivity contribution >= 4 is 5.78 Å². The van der Waals surface area contributed by atoms with Crippen molar-refractivity contribution in [2.45, 2.75) is 37.2 Å². The predicted molar refractivity (Wildman–Crippen MR) is 98.7 cm³/mol. The lowest BCUT2D eigenvalue weighted by atomic mass is 9.81. The normalized spacial score (nSPS) is 24.9. The summed E-state index contributed by atoms with van der Waals surface area (Å²) in [6.45, 7) is 2.84. The molecule has 0 amide bonds. The van der Waals surface area contributed by atoms with Crippen molar-refractivity contribution in [1.82, 2.24) is 4.90 Å². The Morgan fingerprint density at radius 3 is 2.77 bits per heavy atom. The van der Waals surface area contributed by atoms with Gasteiger partial charge in [-0.15, -0.1) is 0 Å². The Kier molecular flexibility index (Phi) is 4.63. The van der Waals surface area contributed by atoms with E-state index in [-0.39, 0.29) is 23.1 Å². The van der Waals surface area contributed by atoms with Crippen LogP contribution in [0.15, 0.2) is 48.5 Å². The van der Waals surface area contributed by atoms with Crippen LogP contribution in [0.2, 0.25) is 0 Å².